The van der Waals surface area contributed by atoms with Gasteiger partial charge < -0.3 is 11.1 Å². The lowest BCUT2D eigenvalue weighted by Crippen LogP contribution is -2.10. The van der Waals surface area contributed by atoms with Crippen LogP contribution < -0.4 is 11.1 Å². The zero-order valence-corrected chi connectivity index (χ0v) is 10.7. The van der Waals surface area contributed by atoms with Crippen LogP contribution >= 0.6 is 12.2 Å². The second-order valence-corrected chi connectivity index (χ2v) is 4.33. The molecule has 5 nitrogen and oxygen atoms in total. The summed E-state index contributed by atoms with van der Waals surface area (Å²) in [7, 11) is 0. The number of rotatable bonds is 6. The van der Waals surface area contributed by atoms with Gasteiger partial charge in [-0.25, -0.2) is 0 Å². The van der Waals surface area contributed by atoms with E-state index < -0.39 is 0 Å². The molecule has 2 aromatic rings. The Morgan fingerprint density at radius 1 is 1.33 bits per heavy atom. The molecule has 0 saturated heterocycles. The molecule has 1 aromatic heterocycles. The summed E-state index contributed by atoms with van der Waals surface area (Å²) in [5.74, 6) is 0. The Morgan fingerprint density at radius 2 is 2.11 bits per heavy atom. The van der Waals surface area contributed by atoms with E-state index in [9.17, 15) is 0 Å². The lowest BCUT2D eigenvalue weighted by atomic mass is 10.2. The predicted molar refractivity (Wildman–Crippen MR) is 75.5 cm³/mol. The Labute approximate surface area is 111 Å². The molecule has 6 heteroatoms. The first-order chi connectivity index (χ1) is 8.75. The van der Waals surface area contributed by atoms with E-state index in [1.807, 2.05) is 35.1 Å². The standard InChI is InChI=1S/C12H15N5S/c13-12(18)10-2-4-11(5-3-10)14-6-1-8-17-9-7-15-16-17/h2-5,7,9,14H,1,6,8H2,(H2,13,18). The van der Waals surface area contributed by atoms with Crippen molar-refractivity contribution in [2.24, 2.45) is 5.73 Å². The van der Waals surface area contributed by atoms with Crippen LogP contribution in [0.5, 0.6) is 0 Å². The maximum Gasteiger partial charge on any atom is 0.103 e. The average Bonchev–Trinajstić information content (AvgIpc) is 2.88. The molecule has 0 aliphatic rings. The normalized spacial score (nSPS) is 10.2. The van der Waals surface area contributed by atoms with E-state index in [4.69, 9.17) is 18.0 Å². The van der Waals surface area contributed by atoms with Crippen molar-refractivity contribution >= 4 is 22.9 Å². The molecule has 0 spiro atoms. The van der Waals surface area contributed by atoms with E-state index in [0.717, 1.165) is 30.8 Å². The summed E-state index contributed by atoms with van der Waals surface area (Å²) in [5, 5.41) is 11.0. The summed E-state index contributed by atoms with van der Waals surface area (Å²) in [6, 6.07) is 7.79. The van der Waals surface area contributed by atoms with Crippen LogP contribution in [-0.2, 0) is 6.54 Å². The molecule has 0 radical (unpaired) electrons. The fraction of sp³-hybridized carbons (Fsp3) is 0.250. The van der Waals surface area contributed by atoms with Crippen molar-refractivity contribution in [3.63, 3.8) is 0 Å². The number of hydrogen-bond acceptors (Lipinski definition) is 4. The van der Waals surface area contributed by atoms with Crippen LogP contribution in [0.4, 0.5) is 5.69 Å². The quantitative estimate of drug-likeness (QED) is 0.608. The van der Waals surface area contributed by atoms with Gasteiger partial charge in [0.1, 0.15) is 4.99 Å². The van der Waals surface area contributed by atoms with Crippen LogP contribution in [-0.4, -0.2) is 26.5 Å². The number of benzene rings is 1. The second kappa shape index (κ2) is 6.11. The fourth-order valence-corrected chi connectivity index (χ4v) is 1.71. The molecule has 0 aliphatic heterocycles. The van der Waals surface area contributed by atoms with E-state index >= 15 is 0 Å². The first-order valence-electron chi connectivity index (χ1n) is 5.73. The summed E-state index contributed by atoms with van der Waals surface area (Å²) in [4.78, 5) is 0.424. The average molecular weight is 261 g/mol. The highest BCUT2D eigenvalue weighted by atomic mass is 32.1. The van der Waals surface area contributed by atoms with E-state index in [0.29, 0.717) is 4.99 Å². The van der Waals surface area contributed by atoms with Gasteiger partial charge in [-0.3, -0.25) is 4.68 Å². The minimum Gasteiger partial charge on any atom is -0.389 e. The fourth-order valence-electron chi connectivity index (χ4n) is 1.58. The van der Waals surface area contributed by atoms with Gasteiger partial charge in [0, 0.05) is 30.5 Å². The molecule has 0 saturated carbocycles. The lowest BCUT2D eigenvalue weighted by molar-refractivity contribution is 0.570. The number of nitrogens with one attached hydrogen (secondary N) is 1. The van der Waals surface area contributed by atoms with Crippen LogP contribution in [0.25, 0.3) is 0 Å². The number of aryl methyl sites for hydroxylation is 1. The second-order valence-electron chi connectivity index (χ2n) is 3.89. The van der Waals surface area contributed by atoms with Gasteiger partial charge in [-0.15, -0.1) is 5.10 Å². The molecule has 94 valence electrons. The Bertz CT molecular complexity index is 492. The molecule has 0 atom stereocenters. The van der Waals surface area contributed by atoms with E-state index in [1.165, 1.54) is 0 Å². The van der Waals surface area contributed by atoms with Crippen LogP contribution in [0.1, 0.15) is 12.0 Å². The Balaban J connectivity index is 1.75. The van der Waals surface area contributed by atoms with E-state index in [-0.39, 0.29) is 0 Å². The molecule has 0 bridgehead atoms. The molecule has 1 heterocycles. The maximum atomic E-state index is 5.54. The lowest BCUT2D eigenvalue weighted by Gasteiger charge is -2.07. The highest BCUT2D eigenvalue weighted by molar-refractivity contribution is 7.80. The number of anilines is 1. The molecule has 1 aromatic carbocycles. The molecule has 0 aliphatic carbocycles. The maximum absolute atomic E-state index is 5.54. The first kappa shape index (κ1) is 12.5. The molecular weight excluding hydrogens is 246 g/mol. The van der Waals surface area contributed by atoms with Gasteiger partial charge in [-0.1, -0.05) is 17.4 Å². The van der Waals surface area contributed by atoms with Gasteiger partial charge in [0.15, 0.2) is 0 Å². The van der Waals surface area contributed by atoms with Crippen molar-refractivity contribution < 1.29 is 0 Å². The van der Waals surface area contributed by atoms with Crippen LogP contribution in [0.3, 0.4) is 0 Å². The SMILES string of the molecule is NC(=S)c1ccc(NCCCn2ccnn2)cc1. The first-order valence-corrected chi connectivity index (χ1v) is 6.14. The molecule has 0 fully saturated rings. The smallest absolute Gasteiger partial charge is 0.103 e. The monoisotopic (exact) mass is 261 g/mol. The molecule has 0 unspecified atom stereocenters. The van der Waals surface area contributed by atoms with Gasteiger partial charge in [0.05, 0.1) is 6.20 Å². The minimum atomic E-state index is 0.424. The van der Waals surface area contributed by atoms with Crippen molar-refractivity contribution in [3.8, 4) is 0 Å². The molecule has 0 amide bonds. The Hall–Kier alpha value is -1.95. The predicted octanol–water partition coefficient (Wildman–Crippen LogP) is 1.41. The van der Waals surface area contributed by atoms with Gasteiger partial charge in [0.25, 0.3) is 0 Å². The minimum absolute atomic E-state index is 0.424. The number of thiocarbonyl (C=S) groups is 1. The summed E-state index contributed by atoms with van der Waals surface area (Å²) in [6.45, 7) is 1.74. The number of hydrogen-bond donors (Lipinski definition) is 2. The Kier molecular flexibility index (Phi) is 4.25. The van der Waals surface area contributed by atoms with Crippen molar-refractivity contribution in [3.05, 3.63) is 42.2 Å². The third-order valence-corrected chi connectivity index (χ3v) is 2.77. The van der Waals surface area contributed by atoms with Gasteiger partial charge in [-0.2, -0.15) is 0 Å². The summed E-state index contributed by atoms with van der Waals surface area (Å²) in [5.41, 5.74) is 7.49. The van der Waals surface area contributed by atoms with Gasteiger partial charge in [-0.05, 0) is 30.7 Å². The van der Waals surface area contributed by atoms with Gasteiger partial charge >= 0.3 is 0 Å². The van der Waals surface area contributed by atoms with Crippen molar-refractivity contribution in [2.75, 3.05) is 11.9 Å². The number of nitrogens with zero attached hydrogens (tertiary/aromatic N) is 3. The molecule has 18 heavy (non-hydrogen) atoms. The van der Waals surface area contributed by atoms with Crippen molar-refractivity contribution in [2.45, 2.75) is 13.0 Å². The summed E-state index contributed by atoms with van der Waals surface area (Å²) in [6.07, 6.45) is 4.53. The third kappa shape index (κ3) is 3.53. The Morgan fingerprint density at radius 3 is 2.72 bits per heavy atom. The number of aromatic nitrogens is 3. The van der Waals surface area contributed by atoms with Crippen LogP contribution in [0.2, 0.25) is 0 Å². The van der Waals surface area contributed by atoms with E-state index in [1.54, 1.807) is 6.20 Å². The zero-order chi connectivity index (χ0) is 12.8. The van der Waals surface area contributed by atoms with Crippen molar-refractivity contribution in [1.29, 1.82) is 0 Å². The largest absolute Gasteiger partial charge is 0.389 e. The topological polar surface area (TPSA) is 68.8 Å². The highest BCUT2D eigenvalue weighted by Gasteiger charge is 1.97. The number of nitrogens with two attached hydrogens (primary N) is 1. The van der Waals surface area contributed by atoms with Gasteiger partial charge in [0.2, 0.25) is 0 Å². The van der Waals surface area contributed by atoms with E-state index in [2.05, 4.69) is 15.6 Å². The highest BCUT2D eigenvalue weighted by Crippen LogP contribution is 2.09. The van der Waals surface area contributed by atoms with Crippen LogP contribution in [0.15, 0.2) is 36.7 Å². The zero-order valence-electron chi connectivity index (χ0n) is 9.91. The molecule has 2 rings (SSSR count). The molecular formula is C12H15N5S. The molecule has 3 N–H and O–H groups in total. The van der Waals surface area contributed by atoms with Crippen molar-refractivity contribution in [1.82, 2.24) is 15.0 Å². The summed E-state index contributed by atoms with van der Waals surface area (Å²) < 4.78 is 1.82. The summed E-state index contributed by atoms with van der Waals surface area (Å²) >= 11 is 4.90. The van der Waals surface area contributed by atoms with Crippen LogP contribution in [0, 0.1) is 0 Å². The third-order valence-electron chi connectivity index (χ3n) is 2.53.